The Labute approximate surface area is 143 Å². The number of alkyl halides is 3. The second-order valence-electron chi connectivity index (χ2n) is 6.16. The topological polar surface area (TPSA) is 32.5 Å². The molecule has 0 amide bonds. The number of hydrogen-bond donors (Lipinski definition) is 1. The van der Waals surface area contributed by atoms with Gasteiger partial charge in [0.15, 0.2) is 0 Å². The fourth-order valence-electron chi connectivity index (χ4n) is 3.01. The summed E-state index contributed by atoms with van der Waals surface area (Å²) in [7, 11) is 0. The molecule has 1 aliphatic heterocycles. The minimum Gasteiger partial charge on any atom is -0.397 e. The van der Waals surface area contributed by atoms with Crippen LogP contribution in [-0.2, 0) is 12.7 Å². The van der Waals surface area contributed by atoms with Crippen molar-refractivity contribution in [3.05, 3.63) is 59.4 Å². The molecule has 134 valence electrons. The minimum absolute atomic E-state index is 0.141. The van der Waals surface area contributed by atoms with E-state index in [2.05, 4.69) is 4.90 Å². The first-order chi connectivity index (χ1) is 11.8. The Balaban J connectivity index is 1.61. The summed E-state index contributed by atoms with van der Waals surface area (Å²) in [6, 6.07) is 9.89. The van der Waals surface area contributed by atoms with Crippen LogP contribution in [0.1, 0.15) is 11.1 Å². The molecule has 0 bridgehead atoms. The highest BCUT2D eigenvalue weighted by molar-refractivity contribution is 5.69. The lowest BCUT2D eigenvalue weighted by atomic mass is 10.1. The number of hydrogen-bond acceptors (Lipinski definition) is 3. The van der Waals surface area contributed by atoms with Crippen LogP contribution in [0.15, 0.2) is 42.5 Å². The third kappa shape index (κ3) is 4.22. The zero-order valence-corrected chi connectivity index (χ0v) is 13.6. The van der Waals surface area contributed by atoms with Crippen molar-refractivity contribution < 1.29 is 17.6 Å². The number of halogens is 4. The van der Waals surface area contributed by atoms with Crippen LogP contribution in [0.25, 0.3) is 0 Å². The SMILES string of the molecule is Nc1cc(C(F)(F)F)ccc1N1CCN(Cc2ccc(F)cc2)CC1. The minimum atomic E-state index is -4.39. The normalized spacial score (nSPS) is 16.2. The molecule has 0 aliphatic carbocycles. The van der Waals surface area contributed by atoms with Crippen LogP contribution in [-0.4, -0.2) is 31.1 Å². The predicted molar refractivity (Wildman–Crippen MR) is 89.7 cm³/mol. The van der Waals surface area contributed by atoms with E-state index in [4.69, 9.17) is 5.73 Å². The Bertz CT molecular complexity index is 720. The van der Waals surface area contributed by atoms with Gasteiger partial charge in [0.1, 0.15) is 5.82 Å². The Hall–Kier alpha value is -2.28. The first kappa shape index (κ1) is 17.5. The number of nitrogens with two attached hydrogens (primary N) is 1. The Kier molecular flexibility index (Phi) is 4.85. The molecule has 1 saturated heterocycles. The van der Waals surface area contributed by atoms with Gasteiger partial charge in [0, 0.05) is 32.7 Å². The summed E-state index contributed by atoms with van der Waals surface area (Å²) in [4.78, 5) is 4.22. The number of nitrogens with zero attached hydrogens (tertiary/aromatic N) is 2. The van der Waals surface area contributed by atoms with Gasteiger partial charge in [-0.25, -0.2) is 4.39 Å². The second-order valence-corrected chi connectivity index (χ2v) is 6.16. The van der Waals surface area contributed by atoms with Crippen molar-refractivity contribution in [1.29, 1.82) is 0 Å². The molecule has 2 aromatic rings. The second kappa shape index (κ2) is 6.92. The van der Waals surface area contributed by atoms with E-state index in [-0.39, 0.29) is 11.5 Å². The summed E-state index contributed by atoms with van der Waals surface area (Å²) < 4.78 is 51.1. The molecule has 3 nitrogen and oxygen atoms in total. The van der Waals surface area contributed by atoms with E-state index in [1.807, 2.05) is 4.90 Å². The Morgan fingerprint density at radius 1 is 0.920 bits per heavy atom. The molecule has 0 atom stereocenters. The Morgan fingerprint density at radius 3 is 2.12 bits per heavy atom. The van der Waals surface area contributed by atoms with Gasteiger partial charge in [-0.3, -0.25) is 4.90 Å². The van der Waals surface area contributed by atoms with Gasteiger partial charge in [-0.2, -0.15) is 13.2 Å². The molecule has 0 spiro atoms. The molecule has 2 N–H and O–H groups in total. The van der Waals surface area contributed by atoms with Gasteiger partial charge in [-0.05, 0) is 35.9 Å². The van der Waals surface area contributed by atoms with E-state index in [1.165, 1.54) is 18.2 Å². The Morgan fingerprint density at radius 2 is 1.56 bits per heavy atom. The van der Waals surface area contributed by atoms with Crippen molar-refractivity contribution in [2.75, 3.05) is 36.8 Å². The largest absolute Gasteiger partial charge is 0.416 e. The summed E-state index contributed by atoms with van der Waals surface area (Å²) in [5.74, 6) is -0.258. The summed E-state index contributed by atoms with van der Waals surface area (Å²) in [5.41, 5.74) is 6.90. The summed E-state index contributed by atoms with van der Waals surface area (Å²) in [6.45, 7) is 3.60. The zero-order valence-electron chi connectivity index (χ0n) is 13.6. The molecule has 0 unspecified atom stereocenters. The highest BCUT2D eigenvalue weighted by atomic mass is 19.4. The van der Waals surface area contributed by atoms with E-state index in [0.717, 1.165) is 37.3 Å². The number of nitrogen functional groups attached to an aromatic ring is 1. The van der Waals surface area contributed by atoms with Crippen LogP contribution in [0.4, 0.5) is 28.9 Å². The summed E-state index contributed by atoms with van der Waals surface area (Å²) in [5, 5.41) is 0. The van der Waals surface area contributed by atoms with Crippen molar-refractivity contribution in [1.82, 2.24) is 4.90 Å². The summed E-state index contributed by atoms with van der Waals surface area (Å²) in [6.07, 6.45) is -4.39. The predicted octanol–water partition coefficient (Wildman–Crippen LogP) is 3.75. The first-order valence-electron chi connectivity index (χ1n) is 8.01. The molecule has 2 aromatic carbocycles. The number of rotatable bonds is 3. The van der Waals surface area contributed by atoms with Gasteiger partial charge in [0.25, 0.3) is 0 Å². The van der Waals surface area contributed by atoms with Gasteiger partial charge in [-0.1, -0.05) is 12.1 Å². The lowest BCUT2D eigenvalue weighted by molar-refractivity contribution is -0.137. The van der Waals surface area contributed by atoms with Crippen molar-refractivity contribution >= 4 is 11.4 Å². The zero-order chi connectivity index (χ0) is 18.0. The fourth-order valence-corrected chi connectivity index (χ4v) is 3.01. The summed E-state index contributed by atoms with van der Waals surface area (Å²) >= 11 is 0. The van der Waals surface area contributed by atoms with Crippen molar-refractivity contribution in [2.45, 2.75) is 12.7 Å². The third-order valence-corrected chi connectivity index (χ3v) is 4.39. The highest BCUT2D eigenvalue weighted by Crippen LogP contribution is 2.34. The highest BCUT2D eigenvalue weighted by Gasteiger charge is 2.31. The molecule has 1 aliphatic rings. The fraction of sp³-hybridized carbons (Fsp3) is 0.333. The molecule has 0 aromatic heterocycles. The van der Waals surface area contributed by atoms with Crippen LogP contribution in [0.5, 0.6) is 0 Å². The lowest BCUT2D eigenvalue weighted by Crippen LogP contribution is -2.46. The van der Waals surface area contributed by atoms with Crippen molar-refractivity contribution in [3.63, 3.8) is 0 Å². The molecule has 1 fully saturated rings. The quantitative estimate of drug-likeness (QED) is 0.674. The van der Waals surface area contributed by atoms with E-state index in [1.54, 1.807) is 12.1 Å². The molecule has 25 heavy (non-hydrogen) atoms. The lowest BCUT2D eigenvalue weighted by Gasteiger charge is -2.36. The van der Waals surface area contributed by atoms with Gasteiger partial charge in [0.2, 0.25) is 0 Å². The van der Waals surface area contributed by atoms with E-state index in [9.17, 15) is 17.6 Å². The molecule has 1 heterocycles. The average Bonchev–Trinajstić information content (AvgIpc) is 2.57. The first-order valence-corrected chi connectivity index (χ1v) is 8.01. The van der Waals surface area contributed by atoms with Gasteiger partial charge >= 0.3 is 6.18 Å². The van der Waals surface area contributed by atoms with Gasteiger partial charge in [-0.15, -0.1) is 0 Å². The van der Waals surface area contributed by atoms with Crippen molar-refractivity contribution in [3.8, 4) is 0 Å². The number of anilines is 2. The van der Waals surface area contributed by atoms with Crippen LogP contribution in [0.2, 0.25) is 0 Å². The molecule has 7 heteroatoms. The van der Waals surface area contributed by atoms with Gasteiger partial charge in [0.05, 0.1) is 16.9 Å². The molecule has 3 rings (SSSR count). The average molecular weight is 353 g/mol. The van der Waals surface area contributed by atoms with E-state index >= 15 is 0 Å². The monoisotopic (exact) mass is 353 g/mol. The van der Waals surface area contributed by atoms with Crippen LogP contribution in [0.3, 0.4) is 0 Å². The smallest absolute Gasteiger partial charge is 0.397 e. The van der Waals surface area contributed by atoms with Crippen molar-refractivity contribution in [2.24, 2.45) is 0 Å². The number of benzene rings is 2. The van der Waals surface area contributed by atoms with Crippen LogP contribution >= 0.6 is 0 Å². The maximum atomic E-state index is 12.9. The molecular formula is C18H19F4N3. The molecule has 0 radical (unpaired) electrons. The standard InChI is InChI=1S/C18H19F4N3/c19-15-4-1-13(2-5-15)12-24-7-9-25(10-8-24)17-6-3-14(11-16(17)23)18(20,21)22/h1-6,11H,7-10,12,23H2. The maximum absolute atomic E-state index is 12.9. The van der Waals surface area contributed by atoms with Crippen LogP contribution < -0.4 is 10.6 Å². The van der Waals surface area contributed by atoms with E-state index in [0.29, 0.717) is 18.8 Å². The van der Waals surface area contributed by atoms with Gasteiger partial charge < -0.3 is 10.6 Å². The van der Waals surface area contributed by atoms with Crippen LogP contribution in [0, 0.1) is 5.82 Å². The molecular weight excluding hydrogens is 334 g/mol. The molecule has 0 saturated carbocycles. The third-order valence-electron chi connectivity index (χ3n) is 4.39. The maximum Gasteiger partial charge on any atom is 0.416 e. The van der Waals surface area contributed by atoms with E-state index < -0.39 is 11.7 Å². The number of piperazine rings is 1.